The minimum Gasteiger partial charge on any atom is -0.382 e. The first-order valence-corrected chi connectivity index (χ1v) is 4.13. The van der Waals surface area contributed by atoms with Crippen LogP contribution in [0.3, 0.4) is 0 Å². The summed E-state index contributed by atoms with van der Waals surface area (Å²) < 4.78 is 0. The first-order valence-electron chi connectivity index (χ1n) is 3.25. The number of hydrogen-bond donors (Lipinski definition) is 2. The topological polar surface area (TPSA) is 80.9 Å². The average molecular weight is 221 g/mol. The van der Waals surface area contributed by atoms with Gasteiger partial charge in [0.15, 0.2) is 10.7 Å². The standard InChI is InChI=1S/C6H6Cl2N4O/c7-4(8)6(13)12-3-1-10-2-11-5(3)9/h1-2,4H,(H,12,13)(H2,9,10,11). The van der Waals surface area contributed by atoms with E-state index in [1.165, 1.54) is 12.5 Å². The third-order valence-corrected chi connectivity index (χ3v) is 1.60. The van der Waals surface area contributed by atoms with E-state index in [-0.39, 0.29) is 5.82 Å². The molecule has 0 atom stereocenters. The second kappa shape index (κ2) is 4.25. The molecule has 1 aromatic heterocycles. The van der Waals surface area contributed by atoms with Crippen molar-refractivity contribution in [3.8, 4) is 0 Å². The van der Waals surface area contributed by atoms with Gasteiger partial charge in [0.2, 0.25) is 0 Å². The molecule has 0 aliphatic heterocycles. The van der Waals surface area contributed by atoms with Crippen molar-refractivity contribution in [3.63, 3.8) is 0 Å². The summed E-state index contributed by atoms with van der Waals surface area (Å²) in [7, 11) is 0. The summed E-state index contributed by atoms with van der Waals surface area (Å²) in [5.41, 5.74) is 5.71. The van der Waals surface area contributed by atoms with Crippen molar-refractivity contribution >= 4 is 40.6 Å². The summed E-state index contributed by atoms with van der Waals surface area (Å²) in [4.78, 5) is 17.2. The molecule has 1 rings (SSSR count). The molecule has 1 heterocycles. The van der Waals surface area contributed by atoms with Gasteiger partial charge in [-0.2, -0.15) is 0 Å². The van der Waals surface area contributed by atoms with Crippen LogP contribution in [0, 0.1) is 0 Å². The van der Waals surface area contributed by atoms with Crippen LogP contribution in [0.2, 0.25) is 0 Å². The predicted octanol–water partition coefficient (Wildman–Crippen LogP) is 0.801. The van der Waals surface area contributed by atoms with E-state index in [1.54, 1.807) is 0 Å². The Labute approximate surface area is 84.3 Å². The molecule has 0 saturated carbocycles. The Morgan fingerprint density at radius 1 is 1.62 bits per heavy atom. The number of halogens is 2. The summed E-state index contributed by atoms with van der Waals surface area (Å²) >= 11 is 10.6. The van der Waals surface area contributed by atoms with Gasteiger partial charge >= 0.3 is 0 Å². The number of nitrogens with two attached hydrogens (primary N) is 1. The molecule has 0 spiro atoms. The Morgan fingerprint density at radius 3 is 2.85 bits per heavy atom. The van der Waals surface area contributed by atoms with E-state index in [0.717, 1.165) is 0 Å². The summed E-state index contributed by atoms with van der Waals surface area (Å²) in [5, 5.41) is 2.36. The van der Waals surface area contributed by atoms with Gasteiger partial charge in [0.25, 0.3) is 5.91 Å². The van der Waals surface area contributed by atoms with Gasteiger partial charge in [-0.05, 0) is 0 Å². The predicted molar refractivity (Wildman–Crippen MR) is 50.6 cm³/mol. The molecule has 70 valence electrons. The molecule has 0 saturated heterocycles. The van der Waals surface area contributed by atoms with Crippen LogP contribution in [0.15, 0.2) is 12.5 Å². The van der Waals surface area contributed by atoms with Crippen molar-refractivity contribution < 1.29 is 4.79 Å². The first-order chi connectivity index (χ1) is 6.11. The molecule has 0 fully saturated rings. The summed E-state index contributed by atoms with van der Waals surface area (Å²) in [5.74, 6) is -0.401. The minimum absolute atomic E-state index is 0.164. The second-order valence-corrected chi connectivity index (χ2v) is 3.21. The highest BCUT2D eigenvalue weighted by Gasteiger charge is 2.12. The lowest BCUT2D eigenvalue weighted by Crippen LogP contribution is -2.19. The first kappa shape index (κ1) is 10.0. The van der Waals surface area contributed by atoms with E-state index in [2.05, 4.69) is 15.3 Å². The second-order valence-electron chi connectivity index (χ2n) is 2.11. The van der Waals surface area contributed by atoms with Crippen molar-refractivity contribution in [2.24, 2.45) is 0 Å². The maximum atomic E-state index is 11.0. The lowest BCUT2D eigenvalue weighted by atomic mass is 10.4. The number of alkyl halides is 2. The maximum absolute atomic E-state index is 11.0. The Morgan fingerprint density at radius 2 is 2.31 bits per heavy atom. The highest BCUT2D eigenvalue weighted by atomic mass is 35.5. The Balaban J connectivity index is 2.75. The molecule has 0 aromatic carbocycles. The van der Waals surface area contributed by atoms with Crippen LogP contribution in [0.5, 0.6) is 0 Å². The fraction of sp³-hybridized carbons (Fsp3) is 0.167. The van der Waals surface area contributed by atoms with Crippen LogP contribution in [0.4, 0.5) is 11.5 Å². The Hall–Kier alpha value is -1.07. The van der Waals surface area contributed by atoms with Gasteiger partial charge in [-0.15, -0.1) is 0 Å². The molecule has 13 heavy (non-hydrogen) atoms. The summed E-state index contributed by atoms with van der Waals surface area (Å²) in [6.45, 7) is 0. The molecule has 3 N–H and O–H groups in total. The molecule has 0 aliphatic carbocycles. The zero-order valence-corrected chi connectivity index (χ0v) is 7.88. The molecule has 0 radical (unpaired) electrons. The lowest BCUT2D eigenvalue weighted by molar-refractivity contribution is -0.114. The van der Waals surface area contributed by atoms with Gasteiger partial charge in [0.1, 0.15) is 12.0 Å². The van der Waals surface area contributed by atoms with Crippen LogP contribution in [0.25, 0.3) is 0 Å². The lowest BCUT2D eigenvalue weighted by Gasteiger charge is -2.05. The van der Waals surface area contributed by atoms with E-state index in [0.29, 0.717) is 5.69 Å². The molecule has 5 nitrogen and oxygen atoms in total. The van der Waals surface area contributed by atoms with Crippen molar-refractivity contribution in [1.29, 1.82) is 0 Å². The highest BCUT2D eigenvalue weighted by molar-refractivity contribution is 6.54. The van der Waals surface area contributed by atoms with Crippen LogP contribution in [0.1, 0.15) is 0 Å². The van der Waals surface area contributed by atoms with Gasteiger partial charge in [0, 0.05) is 0 Å². The smallest absolute Gasteiger partial charge is 0.257 e. The van der Waals surface area contributed by atoms with Crippen LogP contribution >= 0.6 is 23.2 Å². The van der Waals surface area contributed by atoms with Gasteiger partial charge in [-0.25, -0.2) is 9.97 Å². The number of hydrogen-bond acceptors (Lipinski definition) is 4. The molecule has 0 aliphatic rings. The number of amides is 1. The summed E-state index contributed by atoms with van der Waals surface area (Å²) in [6, 6.07) is 0. The number of rotatable bonds is 2. The van der Waals surface area contributed by atoms with Crippen molar-refractivity contribution in [2.45, 2.75) is 4.84 Å². The van der Waals surface area contributed by atoms with Crippen LogP contribution < -0.4 is 11.1 Å². The molecule has 7 heteroatoms. The number of nitrogens with zero attached hydrogens (tertiary/aromatic N) is 2. The SMILES string of the molecule is Nc1ncncc1NC(=O)C(Cl)Cl. The normalized spacial score (nSPS) is 10.1. The van der Waals surface area contributed by atoms with Gasteiger partial charge in [-0.3, -0.25) is 4.79 Å². The van der Waals surface area contributed by atoms with E-state index in [9.17, 15) is 4.79 Å². The van der Waals surface area contributed by atoms with Crippen molar-refractivity contribution in [3.05, 3.63) is 12.5 Å². The number of nitrogens with one attached hydrogen (secondary N) is 1. The molecule has 1 aromatic rings. The zero-order chi connectivity index (χ0) is 9.84. The molecular formula is C6H6Cl2N4O. The van der Waals surface area contributed by atoms with Gasteiger partial charge in [0.05, 0.1) is 6.20 Å². The monoisotopic (exact) mass is 220 g/mol. The molecule has 1 amide bonds. The van der Waals surface area contributed by atoms with Crippen molar-refractivity contribution in [1.82, 2.24) is 9.97 Å². The molecule has 0 bridgehead atoms. The largest absolute Gasteiger partial charge is 0.382 e. The van der Waals surface area contributed by atoms with E-state index >= 15 is 0 Å². The van der Waals surface area contributed by atoms with Crippen LogP contribution in [-0.4, -0.2) is 20.7 Å². The van der Waals surface area contributed by atoms with Gasteiger partial charge < -0.3 is 11.1 Å². The number of carbonyl (C=O) groups excluding carboxylic acids is 1. The number of carbonyl (C=O) groups is 1. The molecule has 0 unspecified atom stereocenters. The van der Waals surface area contributed by atoms with Crippen LogP contribution in [-0.2, 0) is 4.79 Å². The van der Waals surface area contributed by atoms with Crippen molar-refractivity contribution in [2.75, 3.05) is 11.1 Å². The number of anilines is 2. The zero-order valence-electron chi connectivity index (χ0n) is 6.37. The number of nitrogen functional groups attached to an aromatic ring is 1. The minimum atomic E-state index is -1.14. The number of aromatic nitrogens is 2. The fourth-order valence-electron chi connectivity index (χ4n) is 0.623. The molecular weight excluding hydrogens is 215 g/mol. The average Bonchev–Trinajstić information content (AvgIpc) is 2.08. The quantitative estimate of drug-likeness (QED) is 0.723. The fourth-order valence-corrected chi connectivity index (χ4v) is 0.732. The summed E-state index contributed by atoms with van der Waals surface area (Å²) in [6.07, 6.45) is 2.63. The van der Waals surface area contributed by atoms with E-state index in [4.69, 9.17) is 28.9 Å². The van der Waals surface area contributed by atoms with Gasteiger partial charge in [-0.1, -0.05) is 23.2 Å². The van der Waals surface area contributed by atoms with E-state index in [1.807, 2.05) is 0 Å². The highest BCUT2D eigenvalue weighted by Crippen LogP contribution is 2.14. The maximum Gasteiger partial charge on any atom is 0.257 e. The van der Waals surface area contributed by atoms with E-state index < -0.39 is 10.7 Å². The third-order valence-electron chi connectivity index (χ3n) is 1.20. The Bertz CT molecular complexity index is 317. The Kier molecular flexibility index (Phi) is 3.27. The third kappa shape index (κ3) is 2.71.